The van der Waals surface area contributed by atoms with Crippen LogP contribution in [-0.2, 0) is 24.0 Å². The maximum atomic E-state index is 11.8. The molecule has 0 aliphatic rings. The summed E-state index contributed by atoms with van der Waals surface area (Å²) in [6, 6.07) is 0. The molecular formula is C7H12F3NO6S. The lowest BCUT2D eigenvalue weighted by atomic mass is 10.7. The quantitative estimate of drug-likeness (QED) is 0.644. The van der Waals surface area contributed by atoms with Gasteiger partial charge in [-0.15, -0.1) is 4.31 Å². The molecule has 0 heterocycles. The molecule has 0 unspecified atom stereocenters. The van der Waals surface area contributed by atoms with Crippen LogP contribution < -0.4 is 0 Å². The molecule has 7 nitrogen and oxygen atoms in total. The van der Waals surface area contributed by atoms with Crippen molar-refractivity contribution < 1.29 is 40.4 Å². The van der Waals surface area contributed by atoms with Gasteiger partial charge in [0.05, 0.1) is 0 Å². The summed E-state index contributed by atoms with van der Waals surface area (Å²) >= 11 is 0. The van der Waals surface area contributed by atoms with Crippen LogP contribution in [0.25, 0.3) is 0 Å². The average molecular weight is 295 g/mol. The number of alkyl halides is 3. The van der Waals surface area contributed by atoms with Crippen molar-refractivity contribution in [1.82, 2.24) is 4.31 Å². The summed E-state index contributed by atoms with van der Waals surface area (Å²) in [5, 5.41) is 8.30. The van der Waals surface area contributed by atoms with Gasteiger partial charge in [-0.3, -0.25) is 0 Å². The van der Waals surface area contributed by atoms with Crippen LogP contribution in [0.2, 0.25) is 0 Å². The van der Waals surface area contributed by atoms with Crippen LogP contribution in [-0.4, -0.2) is 56.5 Å². The topological polar surface area (TPSA) is 93.1 Å². The molecule has 0 aromatic heterocycles. The molecule has 0 aliphatic heterocycles. The molecule has 11 heteroatoms. The second-order valence-corrected chi connectivity index (χ2v) is 4.47. The molecule has 0 saturated heterocycles. The predicted octanol–water partition coefficient (Wildman–Crippen LogP) is -0.375. The van der Waals surface area contributed by atoms with E-state index in [2.05, 4.69) is 8.92 Å². The first-order chi connectivity index (χ1) is 8.12. The van der Waals surface area contributed by atoms with Crippen molar-refractivity contribution in [3.63, 3.8) is 0 Å². The van der Waals surface area contributed by atoms with Gasteiger partial charge < -0.3 is 14.0 Å². The summed E-state index contributed by atoms with van der Waals surface area (Å²) in [5.41, 5.74) is 0. The lowest BCUT2D eigenvalue weighted by Gasteiger charge is -2.19. The fourth-order valence-electron chi connectivity index (χ4n) is 0.774. The van der Waals surface area contributed by atoms with Gasteiger partial charge in [0.2, 0.25) is 0 Å². The van der Waals surface area contributed by atoms with E-state index in [1.165, 1.54) is 6.92 Å². The van der Waals surface area contributed by atoms with Crippen LogP contribution in [0.1, 0.15) is 6.92 Å². The van der Waals surface area contributed by atoms with Gasteiger partial charge in [0.25, 0.3) is 0 Å². The first-order valence-corrected chi connectivity index (χ1v) is 5.96. The van der Waals surface area contributed by atoms with E-state index in [9.17, 15) is 26.4 Å². The predicted molar refractivity (Wildman–Crippen MR) is 51.4 cm³/mol. The van der Waals surface area contributed by atoms with Gasteiger partial charge in [-0.25, -0.2) is 4.79 Å². The van der Waals surface area contributed by atoms with Crippen molar-refractivity contribution in [2.24, 2.45) is 0 Å². The molecule has 0 atom stereocenters. The number of carbonyl (C=O) groups is 1. The zero-order valence-corrected chi connectivity index (χ0v) is 10.1. The minimum atomic E-state index is -4.59. The highest BCUT2D eigenvalue weighted by Gasteiger charge is 2.30. The number of hydrogen-bond donors (Lipinski definition) is 1. The van der Waals surface area contributed by atoms with Crippen LogP contribution in [0.4, 0.5) is 13.2 Å². The molecule has 0 saturated carbocycles. The Bertz CT molecular complexity index is 368. The second-order valence-electron chi connectivity index (χ2n) is 2.93. The zero-order chi connectivity index (χ0) is 14.4. The maximum Gasteiger partial charge on any atom is 0.411 e. The summed E-state index contributed by atoms with van der Waals surface area (Å²) < 4.78 is 66.2. The summed E-state index contributed by atoms with van der Waals surface area (Å²) in [5.74, 6) is -1.44. The van der Waals surface area contributed by atoms with Crippen molar-refractivity contribution in [2.45, 2.75) is 13.1 Å². The summed E-state index contributed by atoms with van der Waals surface area (Å²) in [7, 11) is -4.57. The summed E-state index contributed by atoms with van der Waals surface area (Å²) in [6.07, 6.45) is -4.59. The Balaban J connectivity index is 4.44. The molecule has 0 aromatic rings. The highest BCUT2D eigenvalue weighted by Crippen LogP contribution is 2.15. The van der Waals surface area contributed by atoms with Crippen LogP contribution in [0, 0.1) is 0 Å². The molecular weight excluding hydrogens is 283 g/mol. The second kappa shape index (κ2) is 6.87. The lowest BCUT2D eigenvalue weighted by molar-refractivity contribution is -0.180. The molecule has 0 spiro atoms. The largest absolute Gasteiger partial charge is 0.411 e. The lowest BCUT2D eigenvalue weighted by Crippen LogP contribution is -2.37. The number of carbonyl (C=O) groups excluding carboxylic acids is 1. The molecule has 0 fully saturated rings. The Labute approximate surface area is 101 Å². The smallest absolute Gasteiger partial charge is 0.385 e. The summed E-state index contributed by atoms with van der Waals surface area (Å²) in [6.45, 7) is -2.68. The van der Waals surface area contributed by atoms with E-state index in [-0.39, 0.29) is 6.54 Å². The van der Waals surface area contributed by atoms with Crippen LogP contribution in [0.5, 0.6) is 0 Å². The van der Waals surface area contributed by atoms with E-state index in [1.54, 1.807) is 0 Å². The summed E-state index contributed by atoms with van der Waals surface area (Å²) in [4.78, 5) is 10.6. The van der Waals surface area contributed by atoms with Crippen LogP contribution >= 0.6 is 0 Å². The van der Waals surface area contributed by atoms with E-state index in [0.29, 0.717) is 4.31 Å². The monoisotopic (exact) mass is 295 g/mol. The number of aliphatic hydroxyl groups excluding tert-OH is 1. The van der Waals surface area contributed by atoms with E-state index in [4.69, 9.17) is 5.11 Å². The van der Waals surface area contributed by atoms with Crippen molar-refractivity contribution >= 4 is 16.3 Å². The van der Waals surface area contributed by atoms with Gasteiger partial charge in [0.1, 0.15) is 19.9 Å². The van der Waals surface area contributed by atoms with Gasteiger partial charge in [-0.2, -0.15) is 21.6 Å². The van der Waals surface area contributed by atoms with Crippen LogP contribution in [0.3, 0.4) is 0 Å². The number of ether oxygens (including phenoxy) is 1. The van der Waals surface area contributed by atoms with Gasteiger partial charge in [0, 0.05) is 6.54 Å². The highest BCUT2D eigenvalue weighted by molar-refractivity contribution is 7.84. The van der Waals surface area contributed by atoms with Gasteiger partial charge in [0.15, 0.2) is 0 Å². The normalized spacial score (nSPS) is 12.8. The van der Waals surface area contributed by atoms with E-state index in [0.717, 1.165) is 0 Å². The number of rotatable bonds is 7. The van der Waals surface area contributed by atoms with E-state index in [1.807, 2.05) is 0 Å². The molecule has 0 radical (unpaired) electrons. The standard InChI is InChI=1S/C7H12F3NO6S/c1-2-11(5-16-4-7(8,9)10)18(14,15)17-6(13)3-12/h12H,2-5H2,1H3. The number of halogens is 3. The SMILES string of the molecule is CCN(COCC(F)(F)F)S(=O)(=O)OC(=O)CO. The zero-order valence-electron chi connectivity index (χ0n) is 9.31. The molecule has 0 amide bonds. The van der Waals surface area contributed by atoms with Crippen molar-refractivity contribution in [2.75, 3.05) is 26.5 Å². The Morgan fingerprint density at radius 2 is 1.94 bits per heavy atom. The molecule has 0 aromatic carbocycles. The number of aliphatic hydroxyl groups is 1. The van der Waals surface area contributed by atoms with E-state index >= 15 is 0 Å². The Hall–Kier alpha value is -0.910. The Morgan fingerprint density at radius 1 is 1.39 bits per heavy atom. The number of nitrogens with zero attached hydrogens (tertiary/aromatic N) is 1. The van der Waals surface area contributed by atoms with E-state index < -0.39 is 42.4 Å². The molecule has 18 heavy (non-hydrogen) atoms. The molecule has 0 rings (SSSR count). The number of hydrogen-bond acceptors (Lipinski definition) is 6. The minimum absolute atomic E-state index is 0.265. The highest BCUT2D eigenvalue weighted by atomic mass is 32.2. The fraction of sp³-hybridized carbons (Fsp3) is 0.857. The van der Waals surface area contributed by atoms with Gasteiger partial charge in [-0.05, 0) is 0 Å². The van der Waals surface area contributed by atoms with Crippen molar-refractivity contribution in [3.8, 4) is 0 Å². The van der Waals surface area contributed by atoms with Gasteiger partial charge >= 0.3 is 22.4 Å². The first kappa shape index (κ1) is 17.1. The molecule has 108 valence electrons. The molecule has 1 N–H and O–H groups in total. The minimum Gasteiger partial charge on any atom is -0.385 e. The third kappa shape index (κ3) is 6.74. The Kier molecular flexibility index (Phi) is 6.52. The first-order valence-electron chi connectivity index (χ1n) is 4.60. The third-order valence-electron chi connectivity index (χ3n) is 1.50. The maximum absolute atomic E-state index is 11.8. The van der Waals surface area contributed by atoms with Crippen molar-refractivity contribution in [3.05, 3.63) is 0 Å². The molecule has 0 bridgehead atoms. The van der Waals surface area contributed by atoms with Crippen molar-refractivity contribution in [1.29, 1.82) is 0 Å². The molecule has 0 aliphatic carbocycles. The van der Waals surface area contributed by atoms with Gasteiger partial charge in [-0.1, -0.05) is 6.92 Å². The average Bonchev–Trinajstić information content (AvgIpc) is 2.21. The fourth-order valence-corrected chi connectivity index (χ4v) is 1.69. The third-order valence-corrected chi connectivity index (χ3v) is 2.89. The van der Waals surface area contributed by atoms with Crippen LogP contribution in [0.15, 0.2) is 0 Å². The Morgan fingerprint density at radius 3 is 2.33 bits per heavy atom.